The van der Waals surface area contributed by atoms with Crippen LogP contribution < -0.4 is 5.32 Å². The van der Waals surface area contributed by atoms with Crippen LogP contribution in [0.4, 0.5) is 13.2 Å². The maximum atomic E-state index is 11.9. The summed E-state index contributed by atoms with van der Waals surface area (Å²) in [5.74, 6) is -1.52. The van der Waals surface area contributed by atoms with Gasteiger partial charge in [0.05, 0.1) is 6.42 Å². The first-order chi connectivity index (χ1) is 5.39. The summed E-state index contributed by atoms with van der Waals surface area (Å²) in [5, 5.41) is 1.70. The quantitative estimate of drug-likeness (QED) is 0.549. The highest BCUT2D eigenvalue weighted by Gasteiger charge is 2.44. The molecule has 1 atom stereocenters. The first-order valence-electron chi connectivity index (χ1n) is 3.27. The van der Waals surface area contributed by atoms with Crippen molar-refractivity contribution >= 4 is 11.7 Å². The number of rotatable bonds is 0. The second kappa shape index (κ2) is 2.76. The Morgan fingerprint density at radius 2 is 1.92 bits per heavy atom. The lowest BCUT2D eigenvalue weighted by atomic mass is 10.0. The van der Waals surface area contributed by atoms with Crippen LogP contribution in [0.25, 0.3) is 0 Å². The Balaban J connectivity index is 2.68. The van der Waals surface area contributed by atoms with Crippen molar-refractivity contribution in [3.8, 4) is 0 Å². The van der Waals surface area contributed by atoms with Crippen LogP contribution in [0.1, 0.15) is 12.8 Å². The zero-order valence-corrected chi connectivity index (χ0v) is 5.94. The van der Waals surface area contributed by atoms with Crippen LogP contribution in [0.5, 0.6) is 0 Å². The molecule has 0 aromatic rings. The SMILES string of the molecule is O=C1CC(=O)N[C@H](C(F)(F)F)C1. The minimum atomic E-state index is -4.52. The van der Waals surface area contributed by atoms with Gasteiger partial charge in [0.2, 0.25) is 5.91 Å². The van der Waals surface area contributed by atoms with Gasteiger partial charge in [-0.3, -0.25) is 9.59 Å². The summed E-state index contributed by atoms with van der Waals surface area (Å²) < 4.78 is 35.8. The number of carbonyl (C=O) groups is 2. The Kier molecular flexibility index (Phi) is 2.08. The Morgan fingerprint density at radius 3 is 2.33 bits per heavy atom. The normalized spacial score (nSPS) is 25.4. The number of piperidine rings is 1. The zero-order valence-electron chi connectivity index (χ0n) is 5.94. The molecule has 0 radical (unpaired) electrons. The van der Waals surface area contributed by atoms with Gasteiger partial charge in [-0.05, 0) is 0 Å². The van der Waals surface area contributed by atoms with Gasteiger partial charge in [0.1, 0.15) is 11.8 Å². The molecule has 68 valence electrons. The molecule has 1 amide bonds. The molecule has 1 rings (SSSR count). The summed E-state index contributed by atoms with van der Waals surface area (Å²) in [6, 6.07) is -1.99. The number of alkyl halides is 3. The highest BCUT2D eigenvalue weighted by atomic mass is 19.4. The molecule has 1 aliphatic rings. The lowest BCUT2D eigenvalue weighted by molar-refractivity contribution is -0.170. The Bertz CT molecular complexity index is 207. The number of amides is 1. The first-order valence-corrected chi connectivity index (χ1v) is 3.27. The molecule has 0 aromatic heterocycles. The van der Waals surface area contributed by atoms with Crippen molar-refractivity contribution in [3.05, 3.63) is 0 Å². The summed E-state index contributed by atoms with van der Waals surface area (Å²) in [6.45, 7) is 0. The molecule has 1 fully saturated rings. The van der Waals surface area contributed by atoms with Gasteiger partial charge in [0.15, 0.2) is 0 Å². The molecule has 0 aromatic carbocycles. The number of hydrogen-bond donors (Lipinski definition) is 1. The highest BCUT2D eigenvalue weighted by Crippen LogP contribution is 2.24. The van der Waals surface area contributed by atoms with Crippen LogP contribution in [0.2, 0.25) is 0 Å². The number of ketones is 1. The molecule has 1 N–H and O–H groups in total. The lowest BCUT2D eigenvalue weighted by Crippen LogP contribution is -2.50. The van der Waals surface area contributed by atoms with Gasteiger partial charge in [-0.15, -0.1) is 0 Å². The number of halogens is 3. The van der Waals surface area contributed by atoms with Crippen molar-refractivity contribution in [1.82, 2.24) is 5.32 Å². The van der Waals surface area contributed by atoms with E-state index in [0.717, 1.165) is 0 Å². The maximum Gasteiger partial charge on any atom is 0.409 e. The third kappa shape index (κ3) is 1.96. The van der Waals surface area contributed by atoms with Gasteiger partial charge in [0.25, 0.3) is 0 Å². The van der Waals surface area contributed by atoms with E-state index >= 15 is 0 Å². The number of Topliss-reactive ketones (excluding diaryl/α,β-unsaturated/α-hetero) is 1. The molecule has 1 heterocycles. The van der Waals surface area contributed by atoms with Crippen molar-refractivity contribution < 1.29 is 22.8 Å². The average Bonchev–Trinajstić information content (AvgIpc) is 1.82. The molecule has 0 saturated carbocycles. The van der Waals surface area contributed by atoms with Crippen molar-refractivity contribution in [1.29, 1.82) is 0 Å². The van der Waals surface area contributed by atoms with E-state index in [0.29, 0.717) is 0 Å². The molecular weight excluding hydrogens is 175 g/mol. The molecule has 0 aliphatic carbocycles. The number of nitrogens with one attached hydrogen (secondary N) is 1. The molecule has 1 saturated heterocycles. The monoisotopic (exact) mass is 181 g/mol. The minimum absolute atomic E-state index is 0.438. The van der Waals surface area contributed by atoms with E-state index in [9.17, 15) is 22.8 Å². The first kappa shape index (κ1) is 9.02. The summed E-state index contributed by atoms with van der Waals surface area (Å²) >= 11 is 0. The summed E-state index contributed by atoms with van der Waals surface area (Å²) in [7, 11) is 0. The Hall–Kier alpha value is -1.07. The molecule has 0 spiro atoms. The molecule has 0 unspecified atom stereocenters. The standard InChI is InChI=1S/C6H6F3NO2/c7-6(8,9)4-1-3(11)2-5(12)10-4/h4H,1-2H2,(H,10,12)/t4-/m0/s1. The maximum absolute atomic E-state index is 11.9. The van der Waals surface area contributed by atoms with E-state index in [2.05, 4.69) is 0 Å². The Morgan fingerprint density at radius 1 is 1.33 bits per heavy atom. The van der Waals surface area contributed by atoms with Gasteiger partial charge in [-0.1, -0.05) is 0 Å². The van der Waals surface area contributed by atoms with Crippen LogP contribution in [0, 0.1) is 0 Å². The van der Waals surface area contributed by atoms with E-state index in [-0.39, 0.29) is 0 Å². The average molecular weight is 181 g/mol. The van der Waals surface area contributed by atoms with Crippen LogP contribution in [0.3, 0.4) is 0 Å². The predicted octanol–water partition coefficient (Wildman–Crippen LogP) is 0.396. The molecular formula is C6H6F3NO2. The lowest BCUT2D eigenvalue weighted by Gasteiger charge is -2.24. The van der Waals surface area contributed by atoms with Gasteiger partial charge in [-0.25, -0.2) is 0 Å². The fourth-order valence-corrected chi connectivity index (χ4v) is 0.973. The molecule has 12 heavy (non-hydrogen) atoms. The van der Waals surface area contributed by atoms with Crippen molar-refractivity contribution in [2.45, 2.75) is 25.1 Å². The highest BCUT2D eigenvalue weighted by molar-refractivity contribution is 6.00. The van der Waals surface area contributed by atoms with Crippen LogP contribution >= 0.6 is 0 Å². The van der Waals surface area contributed by atoms with Gasteiger partial charge >= 0.3 is 6.18 Å². The van der Waals surface area contributed by atoms with E-state index in [1.165, 1.54) is 0 Å². The summed E-state index contributed by atoms with van der Waals surface area (Å²) in [6.07, 6.45) is -5.60. The van der Waals surface area contributed by atoms with E-state index in [4.69, 9.17) is 0 Å². The molecule has 3 nitrogen and oxygen atoms in total. The third-order valence-electron chi connectivity index (χ3n) is 1.52. The van der Waals surface area contributed by atoms with E-state index in [1.807, 2.05) is 0 Å². The van der Waals surface area contributed by atoms with Crippen LogP contribution in [-0.2, 0) is 9.59 Å². The van der Waals surface area contributed by atoms with Gasteiger partial charge in [-0.2, -0.15) is 13.2 Å². The topological polar surface area (TPSA) is 46.2 Å². The molecule has 0 bridgehead atoms. The Labute approximate surface area is 65.9 Å². The fourth-order valence-electron chi connectivity index (χ4n) is 0.973. The fraction of sp³-hybridized carbons (Fsp3) is 0.667. The number of carbonyl (C=O) groups excluding carboxylic acids is 2. The van der Waals surface area contributed by atoms with Gasteiger partial charge < -0.3 is 5.32 Å². The zero-order chi connectivity index (χ0) is 9.35. The number of hydrogen-bond acceptors (Lipinski definition) is 2. The summed E-state index contributed by atoms with van der Waals surface area (Å²) in [5.41, 5.74) is 0. The second-order valence-corrected chi connectivity index (χ2v) is 2.58. The van der Waals surface area contributed by atoms with E-state index in [1.54, 1.807) is 5.32 Å². The third-order valence-corrected chi connectivity index (χ3v) is 1.52. The molecule has 6 heteroatoms. The van der Waals surface area contributed by atoms with Crippen molar-refractivity contribution in [3.63, 3.8) is 0 Å². The largest absolute Gasteiger partial charge is 0.409 e. The van der Waals surface area contributed by atoms with Crippen LogP contribution in [-0.4, -0.2) is 23.9 Å². The van der Waals surface area contributed by atoms with Crippen molar-refractivity contribution in [2.24, 2.45) is 0 Å². The van der Waals surface area contributed by atoms with Crippen LogP contribution in [0.15, 0.2) is 0 Å². The van der Waals surface area contributed by atoms with Gasteiger partial charge in [0, 0.05) is 6.42 Å². The minimum Gasteiger partial charge on any atom is -0.344 e. The second-order valence-electron chi connectivity index (χ2n) is 2.58. The molecule has 1 aliphatic heterocycles. The predicted molar refractivity (Wildman–Crippen MR) is 32.2 cm³/mol. The summed E-state index contributed by atoms with van der Waals surface area (Å²) in [4.78, 5) is 21.1. The smallest absolute Gasteiger partial charge is 0.344 e. The van der Waals surface area contributed by atoms with E-state index < -0.39 is 36.8 Å². The van der Waals surface area contributed by atoms with Crippen molar-refractivity contribution in [2.75, 3.05) is 0 Å².